The van der Waals surface area contributed by atoms with Gasteiger partial charge in [-0.25, -0.2) is 8.42 Å². The van der Waals surface area contributed by atoms with Crippen LogP contribution in [-0.4, -0.2) is 27.6 Å². The van der Waals surface area contributed by atoms with Crippen LogP contribution >= 0.6 is 0 Å². The summed E-state index contributed by atoms with van der Waals surface area (Å²) in [6.07, 6.45) is 1.15. The van der Waals surface area contributed by atoms with Crippen molar-refractivity contribution in [3.05, 3.63) is 54.1 Å². The Labute approximate surface area is 130 Å². The van der Waals surface area contributed by atoms with Gasteiger partial charge < -0.3 is 10.1 Å². The predicted molar refractivity (Wildman–Crippen MR) is 83.0 cm³/mol. The monoisotopic (exact) mass is 315 g/mol. The van der Waals surface area contributed by atoms with Crippen LogP contribution in [0.1, 0.15) is 17.9 Å². The fourth-order valence-electron chi connectivity index (χ4n) is 3.30. The zero-order valence-electron chi connectivity index (χ0n) is 12.0. The highest BCUT2D eigenvalue weighted by Crippen LogP contribution is 2.42. The van der Waals surface area contributed by atoms with E-state index < -0.39 is 9.84 Å². The van der Waals surface area contributed by atoms with E-state index in [-0.39, 0.29) is 6.10 Å². The highest BCUT2D eigenvalue weighted by molar-refractivity contribution is 7.91. The third-order valence-electron chi connectivity index (χ3n) is 4.45. The highest BCUT2D eigenvalue weighted by atomic mass is 32.2. The number of hydrogen-bond acceptors (Lipinski definition) is 4. The molecule has 0 radical (unpaired) electrons. The van der Waals surface area contributed by atoms with E-state index in [1.807, 2.05) is 12.1 Å². The number of nitrogens with one attached hydrogen (secondary N) is 1. The molecule has 5 heteroatoms. The molecule has 1 saturated heterocycles. The van der Waals surface area contributed by atoms with Gasteiger partial charge in [-0.3, -0.25) is 0 Å². The summed E-state index contributed by atoms with van der Waals surface area (Å²) in [5, 5.41) is 3.32. The number of piperidine rings is 1. The molecule has 2 heterocycles. The van der Waals surface area contributed by atoms with Crippen molar-refractivity contribution >= 4 is 9.84 Å². The van der Waals surface area contributed by atoms with Gasteiger partial charge in [-0.1, -0.05) is 24.3 Å². The Kier molecular flexibility index (Phi) is 3.20. The SMILES string of the molecule is O=S(=O)(c1ccccc1)c1ccc2c(c1)O[C@H]1CNCC[C@@H]21. The molecule has 22 heavy (non-hydrogen) atoms. The highest BCUT2D eigenvalue weighted by Gasteiger charge is 2.36. The summed E-state index contributed by atoms with van der Waals surface area (Å²) in [5.74, 6) is 1.10. The van der Waals surface area contributed by atoms with Crippen molar-refractivity contribution in [3.63, 3.8) is 0 Å². The number of rotatable bonds is 2. The van der Waals surface area contributed by atoms with Crippen LogP contribution in [0, 0.1) is 0 Å². The van der Waals surface area contributed by atoms with Crippen molar-refractivity contribution < 1.29 is 13.2 Å². The third-order valence-corrected chi connectivity index (χ3v) is 6.22. The Hall–Kier alpha value is -1.85. The van der Waals surface area contributed by atoms with Crippen molar-refractivity contribution in [1.29, 1.82) is 0 Å². The second-order valence-corrected chi connectivity index (χ2v) is 7.72. The van der Waals surface area contributed by atoms with Crippen LogP contribution in [0.15, 0.2) is 58.3 Å². The lowest BCUT2D eigenvalue weighted by Crippen LogP contribution is -2.39. The minimum Gasteiger partial charge on any atom is -0.488 e. The minimum atomic E-state index is -3.49. The van der Waals surface area contributed by atoms with Gasteiger partial charge in [-0.15, -0.1) is 0 Å². The Bertz CT molecular complexity index is 802. The van der Waals surface area contributed by atoms with Gasteiger partial charge in [0.2, 0.25) is 9.84 Å². The van der Waals surface area contributed by atoms with Crippen LogP contribution < -0.4 is 10.1 Å². The molecule has 0 unspecified atom stereocenters. The Morgan fingerprint density at radius 1 is 1.05 bits per heavy atom. The fourth-order valence-corrected chi connectivity index (χ4v) is 4.60. The van der Waals surface area contributed by atoms with Gasteiger partial charge in [0.25, 0.3) is 0 Å². The smallest absolute Gasteiger partial charge is 0.206 e. The molecule has 0 amide bonds. The van der Waals surface area contributed by atoms with E-state index in [1.165, 1.54) is 0 Å². The van der Waals surface area contributed by atoms with Crippen molar-refractivity contribution in [3.8, 4) is 5.75 Å². The van der Waals surface area contributed by atoms with E-state index in [0.717, 1.165) is 30.8 Å². The molecule has 0 spiro atoms. The molecular weight excluding hydrogens is 298 g/mol. The Morgan fingerprint density at radius 2 is 1.86 bits per heavy atom. The Balaban J connectivity index is 1.74. The molecule has 0 saturated carbocycles. The molecule has 4 nitrogen and oxygen atoms in total. The molecule has 114 valence electrons. The van der Waals surface area contributed by atoms with Gasteiger partial charge in [-0.2, -0.15) is 0 Å². The summed E-state index contributed by atoms with van der Waals surface area (Å²) >= 11 is 0. The number of benzene rings is 2. The van der Waals surface area contributed by atoms with Crippen LogP contribution in [0.5, 0.6) is 5.75 Å². The molecule has 0 aliphatic carbocycles. The first-order chi connectivity index (χ1) is 10.7. The quantitative estimate of drug-likeness (QED) is 0.924. The van der Waals surface area contributed by atoms with Crippen LogP contribution in [0.25, 0.3) is 0 Å². The summed E-state index contributed by atoms with van der Waals surface area (Å²) < 4.78 is 31.3. The predicted octanol–water partition coefficient (Wildman–Crippen LogP) is 2.36. The molecule has 2 aliphatic rings. The standard InChI is InChI=1S/C17H17NO3S/c19-22(20,12-4-2-1-3-5-12)13-6-7-14-15-8-9-18-11-17(15)21-16(14)10-13/h1-7,10,15,17-18H,8-9,11H2/t15-,17-/m0/s1. The van der Waals surface area contributed by atoms with Crippen molar-refractivity contribution in [2.24, 2.45) is 0 Å². The van der Waals surface area contributed by atoms with Crippen LogP contribution in [0.3, 0.4) is 0 Å². The van der Waals surface area contributed by atoms with Gasteiger partial charge in [-0.05, 0) is 37.2 Å². The maximum atomic E-state index is 12.7. The molecule has 2 atom stereocenters. The molecule has 0 aromatic heterocycles. The summed E-state index contributed by atoms with van der Waals surface area (Å²) in [6.45, 7) is 1.80. The first-order valence-corrected chi connectivity index (χ1v) is 8.96. The first-order valence-electron chi connectivity index (χ1n) is 7.48. The molecule has 2 aromatic rings. The molecular formula is C17H17NO3S. The van der Waals surface area contributed by atoms with Gasteiger partial charge >= 0.3 is 0 Å². The van der Waals surface area contributed by atoms with Crippen LogP contribution in [-0.2, 0) is 9.84 Å². The summed E-state index contributed by atoms with van der Waals surface area (Å²) in [4.78, 5) is 0.607. The van der Waals surface area contributed by atoms with Gasteiger partial charge in [0, 0.05) is 18.0 Å². The molecule has 2 aliphatic heterocycles. The second kappa shape index (κ2) is 5.11. The Morgan fingerprint density at radius 3 is 2.68 bits per heavy atom. The van der Waals surface area contributed by atoms with E-state index in [1.54, 1.807) is 36.4 Å². The third kappa shape index (κ3) is 2.12. The maximum Gasteiger partial charge on any atom is 0.206 e. The second-order valence-electron chi connectivity index (χ2n) is 5.77. The fraction of sp³-hybridized carbons (Fsp3) is 0.294. The summed E-state index contributed by atoms with van der Waals surface area (Å²) in [6, 6.07) is 13.8. The zero-order valence-corrected chi connectivity index (χ0v) is 12.8. The van der Waals surface area contributed by atoms with Crippen LogP contribution in [0.2, 0.25) is 0 Å². The molecule has 1 N–H and O–H groups in total. The van der Waals surface area contributed by atoms with E-state index in [9.17, 15) is 8.42 Å². The first kappa shape index (κ1) is 13.8. The maximum absolute atomic E-state index is 12.7. The van der Waals surface area contributed by atoms with E-state index in [0.29, 0.717) is 15.7 Å². The van der Waals surface area contributed by atoms with Gasteiger partial charge in [0.05, 0.1) is 9.79 Å². The van der Waals surface area contributed by atoms with Crippen molar-refractivity contribution in [2.45, 2.75) is 28.2 Å². The topological polar surface area (TPSA) is 55.4 Å². The number of ether oxygens (including phenoxy) is 1. The van der Waals surface area contributed by atoms with E-state index in [4.69, 9.17) is 4.74 Å². The van der Waals surface area contributed by atoms with Crippen LogP contribution in [0.4, 0.5) is 0 Å². The average molecular weight is 315 g/mol. The van der Waals surface area contributed by atoms with Gasteiger partial charge in [0.1, 0.15) is 11.9 Å². The lowest BCUT2D eigenvalue weighted by molar-refractivity contribution is 0.176. The minimum absolute atomic E-state index is 0.124. The van der Waals surface area contributed by atoms with E-state index in [2.05, 4.69) is 5.32 Å². The van der Waals surface area contributed by atoms with Gasteiger partial charge in [0.15, 0.2) is 0 Å². The summed E-state index contributed by atoms with van der Waals surface area (Å²) in [5.41, 5.74) is 1.14. The van der Waals surface area contributed by atoms with Crippen molar-refractivity contribution in [2.75, 3.05) is 13.1 Å². The normalized spacial score (nSPS) is 23.5. The van der Waals surface area contributed by atoms with E-state index >= 15 is 0 Å². The van der Waals surface area contributed by atoms with Crippen molar-refractivity contribution in [1.82, 2.24) is 5.32 Å². The number of hydrogen-bond donors (Lipinski definition) is 1. The molecule has 1 fully saturated rings. The molecule has 4 rings (SSSR count). The zero-order chi connectivity index (χ0) is 15.2. The molecule has 0 bridgehead atoms. The lowest BCUT2D eigenvalue weighted by atomic mass is 9.90. The molecule has 2 aromatic carbocycles. The summed E-state index contributed by atoms with van der Waals surface area (Å²) in [7, 11) is -3.49. The average Bonchev–Trinajstić information content (AvgIpc) is 2.93. The largest absolute Gasteiger partial charge is 0.488 e. The number of sulfone groups is 1. The number of fused-ring (bicyclic) bond motifs is 3. The lowest BCUT2D eigenvalue weighted by Gasteiger charge is -2.24.